The van der Waals surface area contributed by atoms with Crippen LogP contribution in [-0.4, -0.2) is 41.8 Å². The van der Waals surface area contributed by atoms with Crippen LogP contribution in [0.3, 0.4) is 0 Å². The summed E-state index contributed by atoms with van der Waals surface area (Å²) in [7, 11) is 1.74. The molecule has 0 amide bonds. The molecular weight excluding hydrogens is 298 g/mol. The second-order valence-corrected chi connectivity index (χ2v) is 5.46. The molecule has 0 aromatic heterocycles. The van der Waals surface area contributed by atoms with E-state index in [0.29, 0.717) is 0 Å². The first-order valence-electron chi connectivity index (χ1n) is 7.86. The van der Waals surface area contributed by atoms with Crippen LogP contribution < -0.4 is 10.1 Å². The Balaban J connectivity index is 0.000000379. The summed E-state index contributed by atoms with van der Waals surface area (Å²) in [5, 5.41) is 18.4. The van der Waals surface area contributed by atoms with Gasteiger partial charge in [-0.15, -0.1) is 0 Å². The van der Waals surface area contributed by atoms with Crippen molar-refractivity contribution in [2.75, 3.05) is 13.7 Å². The zero-order valence-electron chi connectivity index (χ0n) is 13.5. The van der Waals surface area contributed by atoms with Crippen molar-refractivity contribution in [3.05, 3.63) is 29.8 Å². The molecule has 128 valence electrons. The predicted octanol–water partition coefficient (Wildman–Crippen LogP) is 2.32. The number of hydrogen-bond acceptors (Lipinski definition) is 4. The molecule has 1 saturated carbocycles. The second kappa shape index (κ2) is 10.6. The molecule has 6 nitrogen and oxygen atoms in total. The van der Waals surface area contributed by atoms with E-state index in [-0.39, 0.29) is 0 Å². The molecule has 0 radical (unpaired) electrons. The molecule has 3 N–H and O–H groups in total. The molecule has 0 bridgehead atoms. The lowest BCUT2D eigenvalue weighted by Gasteiger charge is -2.23. The SMILES string of the molecule is COc1ccccc1CCNC1CCCCC1.O=C(O)C(=O)O. The normalized spacial score (nSPS) is 14.5. The predicted molar refractivity (Wildman–Crippen MR) is 86.8 cm³/mol. The van der Waals surface area contributed by atoms with Gasteiger partial charge in [0.2, 0.25) is 0 Å². The number of para-hydroxylation sites is 1. The van der Waals surface area contributed by atoms with Crippen LogP contribution in [0.1, 0.15) is 37.7 Å². The van der Waals surface area contributed by atoms with Gasteiger partial charge in [-0.3, -0.25) is 0 Å². The minimum absolute atomic E-state index is 0.749. The van der Waals surface area contributed by atoms with Gasteiger partial charge in [0.05, 0.1) is 7.11 Å². The molecule has 1 fully saturated rings. The van der Waals surface area contributed by atoms with Gasteiger partial charge in [0.1, 0.15) is 5.75 Å². The van der Waals surface area contributed by atoms with Crippen molar-refractivity contribution in [3.8, 4) is 5.75 Å². The Bertz CT molecular complexity index is 486. The smallest absolute Gasteiger partial charge is 0.414 e. The van der Waals surface area contributed by atoms with E-state index in [4.69, 9.17) is 24.5 Å². The average molecular weight is 323 g/mol. The number of carbonyl (C=O) groups is 2. The molecule has 0 unspecified atom stereocenters. The lowest BCUT2D eigenvalue weighted by molar-refractivity contribution is -0.159. The molecule has 1 aliphatic rings. The van der Waals surface area contributed by atoms with E-state index in [0.717, 1.165) is 24.8 Å². The largest absolute Gasteiger partial charge is 0.496 e. The van der Waals surface area contributed by atoms with Gasteiger partial charge >= 0.3 is 11.9 Å². The number of benzene rings is 1. The Morgan fingerprint density at radius 2 is 1.74 bits per heavy atom. The molecule has 6 heteroatoms. The maximum Gasteiger partial charge on any atom is 0.414 e. The molecule has 1 aromatic carbocycles. The molecule has 23 heavy (non-hydrogen) atoms. The summed E-state index contributed by atoms with van der Waals surface area (Å²) in [5.41, 5.74) is 1.30. The van der Waals surface area contributed by atoms with Crippen molar-refractivity contribution in [2.45, 2.75) is 44.6 Å². The van der Waals surface area contributed by atoms with Gasteiger partial charge in [-0.1, -0.05) is 37.5 Å². The highest BCUT2D eigenvalue weighted by atomic mass is 16.5. The highest BCUT2D eigenvalue weighted by Gasteiger charge is 2.12. The van der Waals surface area contributed by atoms with Crippen LogP contribution in [0.25, 0.3) is 0 Å². The third kappa shape index (κ3) is 7.65. The number of carboxylic acid groups (broad SMARTS) is 2. The third-order valence-electron chi connectivity index (χ3n) is 3.81. The van der Waals surface area contributed by atoms with E-state index >= 15 is 0 Å². The Kier molecular flexibility index (Phi) is 8.75. The van der Waals surface area contributed by atoms with Crippen LogP contribution in [0, 0.1) is 0 Å². The van der Waals surface area contributed by atoms with Crippen LogP contribution in [0.5, 0.6) is 5.75 Å². The van der Waals surface area contributed by atoms with Gasteiger partial charge in [-0.25, -0.2) is 9.59 Å². The summed E-state index contributed by atoms with van der Waals surface area (Å²) < 4.78 is 5.36. The minimum Gasteiger partial charge on any atom is -0.496 e. The van der Waals surface area contributed by atoms with E-state index in [1.807, 2.05) is 12.1 Å². The van der Waals surface area contributed by atoms with Crippen molar-refractivity contribution < 1.29 is 24.5 Å². The zero-order chi connectivity index (χ0) is 17.1. The lowest BCUT2D eigenvalue weighted by atomic mass is 9.95. The van der Waals surface area contributed by atoms with Crippen LogP contribution in [0.15, 0.2) is 24.3 Å². The number of methoxy groups -OCH3 is 1. The van der Waals surface area contributed by atoms with Crippen molar-refractivity contribution in [1.82, 2.24) is 5.32 Å². The summed E-state index contributed by atoms with van der Waals surface area (Å²) in [6.07, 6.45) is 7.97. The van der Waals surface area contributed by atoms with Crippen LogP contribution >= 0.6 is 0 Å². The van der Waals surface area contributed by atoms with E-state index in [1.165, 1.54) is 37.7 Å². The quantitative estimate of drug-likeness (QED) is 0.720. The topological polar surface area (TPSA) is 95.9 Å². The first-order chi connectivity index (χ1) is 11.0. The summed E-state index contributed by atoms with van der Waals surface area (Å²) in [6, 6.07) is 9.05. The van der Waals surface area contributed by atoms with Crippen molar-refractivity contribution in [3.63, 3.8) is 0 Å². The average Bonchev–Trinajstić information content (AvgIpc) is 2.57. The standard InChI is InChI=1S/C15H23NO.C2H2O4/c1-17-15-10-6-5-7-13(15)11-12-16-14-8-3-2-4-9-14;3-1(4)2(5)6/h5-7,10,14,16H,2-4,8-9,11-12H2,1H3;(H,3,4)(H,5,6). The van der Waals surface area contributed by atoms with E-state index in [2.05, 4.69) is 17.4 Å². The number of ether oxygens (including phenoxy) is 1. The fraction of sp³-hybridized carbons (Fsp3) is 0.529. The number of rotatable bonds is 5. The molecule has 0 atom stereocenters. The Hall–Kier alpha value is -2.08. The minimum atomic E-state index is -1.82. The van der Waals surface area contributed by atoms with Gasteiger partial charge < -0.3 is 20.3 Å². The Morgan fingerprint density at radius 1 is 1.13 bits per heavy atom. The van der Waals surface area contributed by atoms with Crippen molar-refractivity contribution >= 4 is 11.9 Å². The van der Waals surface area contributed by atoms with Crippen molar-refractivity contribution in [2.24, 2.45) is 0 Å². The van der Waals surface area contributed by atoms with Gasteiger partial charge in [-0.2, -0.15) is 0 Å². The van der Waals surface area contributed by atoms with E-state index in [9.17, 15) is 0 Å². The molecular formula is C17H25NO5. The molecule has 0 spiro atoms. The zero-order valence-corrected chi connectivity index (χ0v) is 13.5. The van der Waals surface area contributed by atoms with Gasteiger partial charge in [0.25, 0.3) is 0 Å². The van der Waals surface area contributed by atoms with E-state index in [1.54, 1.807) is 7.11 Å². The molecule has 2 rings (SSSR count). The molecule has 0 aliphatic heterocycles. The highest BCUT2D eigenvalue weighted by molar-refractivity contribution is 6.27. The van der Waals surface area contributed by atoms with Crippen LogP contribution in [0.2, 0.25) is 0 Å². The summed E-state index contributed by atoms with van der Waals surface area (Å²) in [5.74, 6) is -2.64. The van der Waals surface area contributed by atoms with Gasteiger partial charge in [0, 0.05) is 6.04 Å². The molecule has 1 aromatic rings. The van der Waals surface area contributed by atoms with Crippen molar-refractivity contribution in [1.29, 1.82) is 0 Å². The highest BCUT2D eigenvalue weighted by Crippen LogP contribution is 2.19. The maximum atomic E-state index is 9.10. The summed E-state index contributed by atoms with van der Waals surface area (Å²) >= 11 is 0. The first-order valence-corrected chi connectivity index (χ1v) is 7.86. The number of nitrogens with one attached hydrogen (secondary N) is 1. The Labute approximate surface area is 136 Å². The fourth-order valence-electron chi connectivity index (χ4n) is 2.63. The second-order valence-electron chi connectivity index (χ2n) is 5.46. The molecule has 0 saturated heterocycles. The lowest BCUT2D eigenvalue weighted by Crippen LogP contribution is -2.32. The fourth-order valence-corrected chi connectivity index (χ4v) is 2.63. The van der Waals surface area contributed by atoms with Crippen LogP contribution in [-0.2, 0) is 16.0 Å². The van der Waals surface area contributed by atoms with Gasteiger partial charge in [-0.05, 0) is 37.4 Å². The first kappa shape index (κ1) is 19.0. The summed E-state index contributed by atoms with van der Waals surface area (Å²) in [4.78, 5) is 18.2. The maximum absolute atomic E-state index is 9.10. The number of hydrogen-bond donors (Lipinski definition) is 3. The summed E-state index contributed by atoms with van der Waals surface area (Å²) in [6.45, 7) is 1.06. The monoisotopic (exact) mass is 323 g/mol. The van der Waals surface area contributed by atoms with Gasteiger partial charge in [0.15, 0.2) is 0 Å². The number of aliphatic carboxylic acids is 2. The third-order valence-corrected chi connectivity index (χ3v) is 3.81. The number of carboxylic acids is 2. The molecule has 0 heterocycles. The van der Waals surface area contributed by atoms with E-state index < -0.39 is 11.9 Å². The molecule has 1 aliphatic carbocycles. The van der Waals surface area contributed by atoms with Crippen LogP contribution in [0.4, 0.5) is 0 Å². The Morgan fingerprint density at radius 3 is 2.30 bits per heavy atom.